The molecule has 0 aromatic carbocycles. The van der Waals surface area contributed by atoms with Crippen LogP contribution in [0.4, 0.5) is 9.59 Å². The highest BCUT2D eigenvalue weighted by atomic mass is 16.6. The van der Waals surface area contributed by atoms with E-state index < -0.39 is 18.4 Å². The lowest BCUT2D eigenvalue weighted by molar-refractivity contribution is -0.147. The van der Waals surface area contributed by atoms with Crippen LogP contribution in [0.1, 0.15) is 46.0 Å². The average molecular weight is 481 g/mol. The fourth-order valence-electron chi connectivity index (χ4n) is 1.79. The van der Waals surface area contributed by atoms with Crippen LogP contribution in [0.2, 0.25) is 0 Å². The molecular weight excluding hydrogens is 436 g/mol. The normalized spacial score (nSPS) is 9.70. The van der Waals surface area contributed by atoms with Crippen molar-refractivity contribution < 1.29 is 38.9 Å². The quantitative estimate of drug-likeness (QED) is 0.213. The van der Waals surface area contributed by atoms with Gasteiger partial charge in [0.05, 0.1) is 13.2 Å². The van der Waals surface area contributed by atoms with E-state index in [4.69, 9.17) is 19.7 Å². The second-order valence-electron chi connectivity index (χ2n) is 7.40. The van der Waals surface area contributed by atoms with Crippen LogP contribution in [0.5, 0.6) is 0 Å². The Morgan fingerprint density at radius 2 is 1.03 bits per heavy atom. The third kappa shape index (κ3) is 40.3. The maximum absolute atomic E-state index is 10.9. The van der Waals surface area contributed by atoms with Crippen molar-refractivity contribution in [3.8, 4) is 0 Å². The first-order chi connectivity index (χ1) is 15.5. The molecule has 0 spiro atoms. The van der Waals surface area contributed by atoms with Crippen LogP contribution >= 0.6 is 0 Å². The zero-order valence-electron chi connectivity index (χ0n) is 21.0. The number of aliphatic carboxylic acids is 2. The second kappa shape index (κ2) is 25.7. The number of carboxylic acid groups (broad SMARTS) is 2. The van der Waals surface area contributed by atoms with Crippen LogP contribution in [0.25, 0.3) is 0 Å². The Morgan fingerprint density at radius 3 is 1.24 bits per heavy atom. The third-order valence-electron chi connectivity index (χ3n) is 3.28. The minimum absolute atomic E-state index is 0.305. The van der Waals surface area contributed by atoms with Gasteiger partial charge in [-0.3, -0.25) is 9.59 Å². The van der Waals surface area contributed by atoms with Gasteiger partial charge in [-0.2, -0.15) is 0 Å². The lowest BCUT2D eigenvalue weighted by Crippen LogP contribution is -2.27. The van der Waals surface area contributed by atoms with Crippen molar-refractivity contribution in [3.63, 3.8) is 0 Å². The van der Waals surface area contributed by atoms with Gasteiger partial charge in [0.1, 0.15) is 6.42 Å². The Balaban J connectivity index is -0.000000429. The molecule has 12 heteroatoms. The number of carboxylic acids is 2. The topological polar surface area (TPSA) is 158 Å². The maximum atomic E-state index is 10.9. The van der Waals surface area contributed by atoms with Gasteiger partial charge in [0.25, 0.3) is 0 Å². The van der Waals surface area contributed by atoms with E-state index in [-0.39, 0.29) is 12.2 Å². The molecule has 0 aliphatic carbocycles. The number of hydrogen-bond donors (Lipinski definition) is 4. The molecular formula is C21H44N4O8. The van der Waals surface area contributed by atoms with Gasteiger partial charge in [0, 0.05) is 13.1 Å². The molecule has 0 rings (SSSR count). The number of ether oxygens (including phenoxy) is 2. The predicted octanol–water partition coefficient (Wildman–Crippen LogP) is 1.69. The van der Waals surface area contributed by atoms with Crippen molar-refractivity contribution in [1.82, 2.24) is 20.4 Å². The van der Waals surface area contributed by atoms with E-state index in [1.54, 1.807) is 0 Å². The maximum Gasteiger partial charge on any atom is 0.407 e. The van der Waals surface area contributed by atoms with Gasteiger partial charge in [-0.1, -0.05) is 13.8 Å². The van der Waals surface area contributed by atoms with E-state index in [2.05, 4.69) is 20.4 Å². The lowest BCUT2D eigenvalue weighted by Gasteiger charge is -2.09. The molecule has 0 fully saturated rings. The number of amides is 2. The van der Waals surface area contributed by atoms with Crippen molar-refractivity contribution in [2.75, 3.05) is 67.6 Å². The Labute approximate surface area is 197 Å². The first-order valence-corrected chi connectivity index (χ1v) is 11.0. The van der Waals surface area contributed by atoms with Crippen molar-refractivity contribution in [2.24, 2.45) is 0 Å². The Hall–Kier alpha value is -2.60. The van der Waals surface area contributed by atoms with E-state index in [9.17, 15) is 19.2 Å². The molecule has 0 saturated heterocycles. The van der Waals surface area contributed by atoms with Crippen molar-refractivity contribution in [1.29, 1.82) is 0 Å². The molecule has 0 atom stereocenters. The fourth-order valence-corrected chi connectivity index (χ4v) is 1.79. The summed E-state index contributed by atoms with van der Waals surface area (Å²) in [6, 6.07) is 0. The summed E-state index contributed by atoms with van der Waals surface area (Å²) in [5, 5.41) is 20.8. The number of carbonyl (C=O) groups is 4. The van der Waals surface area contributed by atoms with Crippen LogP contribution in [0, 0.1) is 0 Å². The molecule has 0 bridgehead atoms. The Bertz CT molecular complexity index is 472. The van der Waals surface area contributed by atoms with Crippen LogP contribution in [-0.2, 0) is 19.1 Å². The highest BCUT2D eigenvalue weighted by molar-refractivity contribution is 5.88. The van der Waals surface area contributed by atoms with E-state index in [1.807, 2.05) is 42.0 Å². The van der Waals surface area contributed by atoms with Gasteiger partial charge in [0.15, 0.2) is 0 Å². The van der Waals surface area contributed by atoms with E-state index in [1.165, 1.54) is 0 Å². The summed E-state index contributed by atoms with van der Waals surface area (Å²) in [6.07, 6.45) is 2.22. The zero-order valence-corrected chi connectivity index (χ0v) is 21.0. The number of carbonyl (C=O) groups excluding carboxylic acids is 2. The minimum Gasteiger partial charge on any atom is -0.481 e. The van der Waals surface area contributed by atoms with Crippen LogP contribution in [-0.4, -0.2) is 112 Å². The summed E-state index contributed by atoms with van der Waals surface area (Å²) in [5.74, 6) is -2.62. The lowest BCUT2D eigenvalue weighted by atomic mass is 10.4. The van der Waals surface area contributed by atoms with Crippen LogP contribution in [0.15, 0.2) is 0 Å². The summed E-state index contributed by atoms with van der Waals surface area (Å²) < 4.78 is 9.67. The minimum atomic E-state index is -1.31. The van der Waals surface area contributed by atoms with Gasteiger partial charge in [-0.25, -0.2) is 9.59 Å². The SMILES string of the molecule is CCCOC(=O)NCCCN(C)C.CCCOC(=O)NCCCN(C)C.O=C(O)CC(=O)O. The molecule has 12 nitrogen and oxygen atoms in total. The standard InChI is InChI=1S/2C9H20N2O2.C3H4O4/c2*1-4-8-13-9(12)10-6-5-7-11(2)3;4-2(5)1-3(6)7/h2*4-8H2,1-3H3,(H,10,12);1H2,(H,4,5)(H,6,7). The van der Waals surface area contributed by atoms with Crippen molar-refractivity contribution in [2.45, 2.75) is 46.0 Å². The number of rotatable bonds is 14. The van der Waals surface area contributed by atoms with E-state index >= 15 is 0 Å². The molecule has 0 aliphatic rings. The van der Waals surface area contributed by atoms with Gasteiger partial charge in [-0.05, 0) is 67.0 Å². The summed E-state index contributed by atoms with van der Waals surface area (Å²) >= 11 is 0. The zero-order chi connectivity index (χ0) is 26.1. The number of nitrogens with one attached hydrogen (secondary N) is 2. The first kappa shape index (κ1) is 35.0. The molecule has 33 heavy (non-hydrogen) atoms. The fraction of sp³-hybridized carbons (Fsp3) is 0.810. The van der Waals surface area contributed by atoms with Crippen molar-refractivity contribution >= 4 is 24.1 Å². The molecule has 0 aromatic rings. The summed E-state index contributed by atoms with van der Waals surface area (Å²) in [7, 11) is 8.04. The predicted molar refractivity (Wildman–Crippen MR) is 126 cm³/mol. The third-order valence-corrected chi connectivity index (χ3v) is 3.28. The molecule has 0 unspecified atom stereocenters. The largest absolute Gasteiger partial charge is 0.481 e. The first-order valence-electron chi connectivity index (χ1n) is 11.0. The highest BCUT2D eigenvalue weighted by Crippen LogP contribution is 1.85. The number of alkyl carbamates (subject to hydrolysis) is 2. The van der Waals surface area contributed by atoms with Crippen LogP contribution < -0.4 is 10.6 Å². The molecule has 0 heterocycles. The van der Waals surface area contributed by atoms with Gasteiger partial charge in [0.2, 0.25) is 0 Å². The summed E-state index contributed by atoms with van der Waals surface area (Å²) in [6.45, 7) is 8.27. The monoisotopic (exact) mass is 480 g/mol. The number of nitrogens with zero attached hydrogens (tertiary/aromatic N) is 2. The van der Waals surface area contributed by atoms with Crippen LogP contribution in [0.3, 0.4) is 0 Å². The molecule has 0 aromatic heterocycles. The smallest absolute Gasteiger partial charge is 0.407 e. The molecule has 4 N–H and O–H groups in total. The van der Waals surface area contributed by atoms with Gasteiger partial charge < -0.3 is 40.1 Å². The molecule has 0 aliphatic heterocycles. The molecule has 0 radical (unpaired) electrons. The Morgan fingerprint density at radius 1 is 0.697 bits per heavy atom. The molecule has 196 valence electrons. The molecule has 0 saturated carbocycles. The van der Waals surface area contributed by atoms with Gasteiger partial charge in [-0.15, -0.1) is 0 Å². The van der Waals surface area contributed by atoms with Gasteiger partial charge >= 0.3 is 24.1 Å². The van der Waals surface area contributed by atoms with E-state index in [0.717, 1.165) is 38.8 Å². The summed E-state index contributed by atoms with van der Waals surface area (Å²) in [5.41, 5.74) is 0. The Kier molecular flexibility index (Phi) is 27.2. The van der Waals surface area contributed by atoms with Crippen molar-refractivity contribution in [3.05, 3.63) is 0 Å². The molecule has 2 amide bonds. The number of hydrogen-bond acceptors (Lipinski definition) is 8. The average Bonchev–Trinajstić information content (AvgIpc) is 2.71. The van der Waals surface area contributed by atoms with E-state index in [0.29, 0.717) is 26.3 Å². The summed E-state index contributed by atoms with van der Waals surface area (Å²) in [4.78, 5) is 44.8. The highest BCUT2D eigenvalue weighted by Gasteiger charge is 2.02. The second-order valence-corrected chi connectivity index (χ2v) is 7.40.